The van der Waals surface area contributed by atoms with Crippen molar-refractivity contribution in [2.75, 3.05) is 0 Å². The summed E-state index contributed by atoms with van der Waals surface area (Å²) in [5, 5.41) is 8.71. The van der Waals surface area contributed by atoms with E-state index < -0.39 is 5.97 Å². The molecule has 0 spiro atoms. The highest BCUT2D eigenvalue weighted by molar-refractivity contribution is 5.77. The first kappa shape index (κ1) is 11.0. The molecule has 2 aromatic carbocycles. The summed E-state index contributed by atoms with van der Waals surface area (Å²) in [6, 6.07) is 14.8. The molecule has 0 atom stereocenters. The Bertz CT molecular complexity index is 614. The van der Waals surface area contributed by atoms with Crippen LogP contribution in [0.25, 0.3) is 11.1 Å². The first-order chi connectivity index (χ1) is 8.74. The van der Waals surface area contributed by atoms with Gasteiger partial charge >= 0.3 is 5.97 Å². The van der Waals surface area contributed by atoms with E-state index in [9.17, 15) is 4.79 Å². The molecule has 0 bridgehead atoms. The Kier molecular flexibility index (Phi) is 2.63. The zero-order chi connectivity index (χ0) is 12.5. The molecule has 18 heavy (non-hydrogen) atoms. The number of hydrogen-bond donors (Lipinski definition) is 1. The molecule has 1 aliphatic rings. The van der Waals surface area contributed by atoms with Gasteiger partial charge in [-0.05, 0) is 40.7 Å². The van der Waals surface area contributed by atoms with Crippen molar-refractivity contribution in [1.82, 2.24) is 0 Å². The zero-order valence-electron chi connectivity index (χ0n) is 10.0. The van der Waals surface area contributed by atoms with Gasteiger partial charge in [0.15, 0.2) is 0 Å². The Morgan fingerprint density at radius 2 is 1.83 bits per heavy atom. The molecule has 2 aromatic rings. The summed E-state index contributed by atoms with van der Waals surface area (Å²) < 4.78 is 0. The summed E-state index contributed by atoms with van der Waals surface area (Å²) in [6.07, 6.45) is 1.77. The number of carboxylic acids is 1. The maximum atomic E-state index is 10.6. The lowest BCUT2D eigenvalue weighted by molar-refractivity contribution is -0.136. The topological polar surface area (TPSA) is 37.3 Å². The van der Waals surface area contributed by atoms with E-state index in [4.69, 9.17) is 5.11 Å². The Hall–Kier alpha value is -2.09. The van der Waals surface area contributed by atoms with Crippen LogP contribution >= 0.6 is 0 Å². The smallest absolute Gasteiger partial charge is 0.303 e. The minimum absolute atomic E-state index is 0.200. The predicted octanol–water partition coefficient (Wildman–Crippen LogP) is 3.28. The third-order valence-corrected chi connectivity index (χ3v) is 3.49. The van der Waals surface area contributed by atoms with E-state index in [-0.39, 0.29) is 6.42 Å². The minimum atomic E-state index is -0.737. The Morgan fingerprint density at radius 1 is 1.06 bits per heavy atom. The van der Waals surface area contributed by atoms with Gasteiger partial charge in [0.25, 0.3) is 0 Å². The van der Waals surface area contributed by atoms with Crippen LogP contribution < -0.4 is 0 Å². The Balaban J connectivity index is 1.91. The van der Waals surface area contributed by atoms with Crippen LogP contribution in [-0.2, 0) is 17.6 Å². The molecule has 0 heterocycles. The zero-order valence-corrected chi connectivity index (χ0v) is 10.0. The second kappa shape index (κ2) is 4.30. The molecule has 0 aromatic heterocycles. The summed E-state index contributed by atoms with van der Waals surface area (Å²) in [6.45, 7) is 0. The second-order valence-corrected chi connectivity index (χ2v) is 4.72. The number of benzene rings is 2. The van der Waals surface area contributed by atoms with Crippen LogP contribution in [0.15, 0.2) is 42.5 Å². The lowest BCUT2D eigenvalue weighted by Gasteiger charge is -2.04. The van der Waals surface area contributed by atoms with E-state index in [2.05, 4.69) is 36.4 Å². The van der Waals surface area contributed by atoms with Crippen molar-refractivity contribution in [2.45, 2.75) is 19.3 Å². The van der Waals surface area contributed by atoms with E-state index in [0.29, 0.717) is 6.42 Å². The van der Waals surface area contributed by atoms with E-state index in [1.807, 2.05) is 6.07 Å². The van der Waals surface area contributed by atoms with Gasteiger partial charge in [-0.25, -0.2) is 0 Å². The van der Waals surface area contributed by atoms with Crippen LogP contribution in [0.4, 0.5) is 0 Å². The Labute approximate surface area is 106 Å². The third-order valence-electron chi connectivity index (χ3n) is 3.49. The van der Waals surface area contributed by atoms with E-state index in [1.165, 1.54) is 22.3 Å². The van der Waals surface area contributed by atoms with Crippen LogP contribution in [0.2, 0.25) is 0 Å². The van der Waals surface area contributed by atoms with Gasteiger partial charge in [0.1, 0.15) is 0 Å². The Morgan fingerprint density at radius 3 is 2.67 bits per heavy atom. The van der Waals surface area contributed by atoms with Crippen molar-refractivity contribution in [1.29, 1.82) is 0 Å². The quantitative estimate of drug-likeness (QED) is 0.760. The van der Waals surface area contributed by atoms with Crippen LogP contribution in [-0.4, -0.2) is 11.1 Å². The van der Waals surface area contributed by atoms with Gasteiger partial charge in [-0.15, -0.1) is 0 Å². The van der Waals surface area contributed by atoms with Gasteiger partial charge in [0.05, 0.1) is 0 Å². The van der Waals surface area contributed by atoms with Gasteiger partial charge < -0.3 is 5.11 Å². The molecule has 0 amide bonds. The molecule has 1 aliphatic carbocycles. The van der Waals surface area contributed by atoms with Crippen molar-refractivity contribution >= 4 is 5.97 Å². The van der Waals surface area contributed by atoms with Crippen LogP contribution in [0.1, 0.15) is 23.1 Å². The van der Waals surface area contributed by atoms with E-state index >= 15 is 0 Å². The average molecular weight is 238 g/mol. The molecule has 90 valence electrons. The highest BCUT2D eigenvalue weighted by Gasteiger charge is 2.17. The number of hydrogen-bond acceptors (Lipinski definition) is 1. The molecule has 0 aliphatic heterocycles. The molecule has 0 radical (unpaired) electrons. The monoisotopic (exact) mass is 238 g/mol. The fourth-order valence-corrected chi connectivity index (χ4v) is 2.61. The summed E-state index contributed by atoms with van der Waals surface area (Å²) >= 11 is 0. The number of rotatable bonds is 3. The van der Waals surface area contributed by atoms with E-state index in [1.54, 1.807) is 0 Å². The SMILES string of the molecule is O=C(O)CCc1ccc2c(c1)Cc1ccccc1-2. The predicted molar refractivity (Wildman–Crippen MR) is 70.6 cm³/mol. The molecular weight excluding hydrogens is 224 g/mol. The van der Waals surface area contributed by atoms with Crippen molar-refractivity contribution in [2.24, 2.45) is 0 Å². The van der Waals surface area contributed by atoms with Gasteiger partial charge in [-0.1, -0.05) is 42.5 Å². The molecule has 0 saturated heterocycles. The van der Waals surface area contributed by atoms with Gasteiger partial charge in [-0.2, -0.15) is 0 Å². The van der Waals surface area contributed by atoms with Crippen molar-refractivity contribution in [3.63, 3.8) is 0 Å². The maximum Gasteiger partial charge on any atom is 0.303 e. The number of carboxylic acid groups (broad SMARTS) is 1. The average Bonchev–Trinajstić information content (AvgIpc) is 2.73. The molecule has 1 N–H and O–H groups in total. The van der Waals surface area contributed by atoms with Gasteiger partial charge in [0, 0.05) is 6.42 Å². The van der Waals surface area contributed by atoms with Crippen molar-refractivity contribution in [3.8, 4) is 11.1 Å². The fraction of sp³-hybridized carbons (Fsp3) is 0.188. The van der Waals surface area contributed by atoms with Crippen molar-refractivity contribution in [3.05, 3.63) is 59.2 Å². The molecular formula is C16H14O2. The minimum Gasteiger partial charge on any atom is -0.481 e. The second-order valence-electron chi connectivity index (χ2n) is 4.72. The highest BCUT2D eigenvalue weighted by Crippen LogP contribution is 2.36. The molecule has 2 nitrogen and oxygen atoms in total. The van der Waals surface area contributed by atoms with Crippen molar-refractivity contribution < 1.29 is 9.90 Å². The summed E-state index contributed by atoms with van der Waals surface area (Å²) in [7, 11) is 0. The van der Waals surface area contributed by atoms with Crippen LogP contribution in [0.3, 0.4) is 0 Å². The lowest BCUT2D eigenvalue weighted by Crippen LogP contribution is -1.97. The lowest BCUT2D eigenvalue weighted by atomic mass is 10.0. The van der Waals surface area contributed by atoms with E-state index in [0.717, 1.165) is 12.0 Å². The normalized spacial score (nSPS) is 12.0. The van der Waals surface area contributed by atoms with Gasteiger partial charge in [0.2, 0.25) is 0 Å². The first-order valence-corrected chi connectivity index (χ1v) is 6.16. The first-order valence-electron chi connectivity index (χ1n) is 6.16. The molecule has 0 unspecified atom stereocenters. The maximum absolute atomic E-state index is 10.6. The number of carbonyl (C=O) groups is 1. The largest absolute Gasteiger partial charge is 0.481 e. The summed E-state index contributed by atoms with van der Waals surface area (Å²) in [4.78, 5) is 10.6. The highest BCUT2D eigenvalue weighted by atomic mass is 16.4. The molecule has 0 saturated carbocycles. The van der Waals surface area contributed by atoms with Crippen LogP contribution in [0, 0.1) is 0 Å². The standard InChI is InChI=1S/C16H14O2/c17-16(18)8-6-11-5-7-15-13(9-11)10-12-3-1-2-4-14(12)15/h1-5,7,9H,6,8,10H2,(H,17,18). The summed E-state index contributed by atoms with van der Waals surface area (Å²) in [5.41, 5.74) is 6.41. The molecule has 0 fully saturated rings. The number of fused-ring (bicyclic) bond motifs is 3. The fourth-order valence-electron chi connectivity index (χ4n) is 2.61. The number of aryl methyl sites for hydroxylation is 1. The summed E-state index contributed by atoms with van der Waals surface area (Å²) in [5.74, 6) is -0.737. The third kappa shape index (κ3) is 1.90. The van der Waals surface area contributed by atoms with Crippen LogP contribution in [0.5, 0.6) is 0 Å². The van der Waals surface area contributed by atoms with Gasteiger partial charge in [-0.3, -0.25) is 4.79 Å². The molecule has 3 rings (SSSR count). The number of aliphatic carboxylic acids is 1. The molecule has 2 heteroatoms.